The average molecular weight is 288 g/mol. The molecule has 1 heterocycles. The van der Waals surface area contributed by atoms with Gasteiger partial charge in [0, 0.05) is 17.0 Å². The van der Waals surface area contributed by atoms with Gasteiger partial charge in [-0.2, -0.15) is 0 Å². The van der Waals surface area contributed by atoms with Crippen molar-refractivity contribution in [3.63, 3.8) is 0 Å². The number of anilines is 1. The maximum absolute atomic E-state index is 12.0. The highest BCUT2D eigenvalue weighted by molar-refractivity contribution is 7.80. The third kappa shape index (κ3) is 2.75. The SMILES string of the molecule is CCC[C@H]1NC(=S)N(c2ccccc2)C(C)=C1C(C)=O. The molecule has 0 aliphatic carbocycles. The molecule has 1 N–H and O–H groups in total. The Labute approximate surface area is 125 Å². The number of rotatable bonds is 4. The number of ketones is 1. The summed E-state index contributed by atoms with van der Waals surface area (Å²) in [6.07, 6.45) is 1.92. The van der Waals surface area contributed by atoms with Crippen LogP contribution in [0.3, 0.4) is 0 Å². The van der Waals surface area contributed by atoms with Crippen LogP contribution < -0.4 is 10.2 Å². The predicted molar refractivity (Wildman–Crippen MR) is 86.7 cm³/mol. The van der Waals surface area contributed by atoms with Crippen LogP contribution in [0.25, 0.3) is 0 Å². The molecule has 20 heavy (non-hydrogen) atoms. The second-order valence-corrected chi connectivity index (χ2v) is 5.40. The summed E-state index contributed by atoms with van der Waals surface area (Å²) in [5, 5.41) is 3.97. The molecule has 0 fully saturated rings. The molecule has 4 heteroatoms. The van der Waals surface area contributed by atoms with Gasteiger partial charge < -0.3 is 5.32 Å². The molecule has 0 saturated carbocycles. The van der Waals surface area contributed by atoms with Crippen molar-refractivity contribution in [3.05, 3.63) is 41.6 Å². The average Bonchev–Trinajstić information content (AvgIpc) is 2.39. The van der Waals surface area contributed by atoms with E-state index in [1.807, 2.05) is 42.2 Å². The first-order valence-corrected chi connectivity index (χ1v) is 7.34. The van der Waals surface area contributed by atoms with E-state index >= 15 is 0 Å². The van der Waals surface area contributed by atoms with Gasteiger partial charge in [0.2, 0.25) is 0 Å². The van der Waals surface area contributed by atoms with Gasteiger partial charge in [0.1, 0.15) is 0 Å². The molecular weight excluding hydrogens is 268 g/mol. The van der Waals surface area contributed by atoms with Gasteiger partial charge in [-0.3, -0.25) is 9.69 Å². The van der Waals surface area contributed by atoms with Crippen molar-refractivity contribution in [3.8, 4) is 0 Å². The molecule has 0 bridgehead atoms. The van der Waals surface area contributed by atoms with Crippen LogP contribution in [0.4, 0.5) is 5.69 Å². The van der Waals surface area contributed by atoms with Crippen LogP contribution in [-0.4, -0.2) is 16.9 Å². The van der Waals surface area contributed by atoms with Crippen molar-refractivity contribution in [2.24, 2.45) is 0 Å². The molecule has 1 aromatic carbocycles. The molecule has 0 radical (unpaired) electrons. The van der Waals surface area contributed by atoms with Gasteiger partial charge in [-0.25, -0.2) is 0 Å². The molecule has 0 saturated heterocycles. The highest BCUT2D eigenvalue weighted by atomic mass is 32.1. The number of allylic oxidation sites excluding steroid dienone is 1. The number of thiocarbonyl (C=S) groups is 1. The quantitative estimate of drug-likeness (QED) is 0.861. The normalized spacial score (nSPS) is 19.1. The van der Waals surface area contributed by atoms with E-state index in [2.05, 4.69) is 12.2 Å². The molecular formula is C16H20N2OS. The van der Waals surface area contributed by atoms with Crippen LogP contribution in [0.2, 0.25) is 0 Å². The van der Waals surface area contributed by atoms with Gasteiger partial charge in [-0.15, -0.1) is 0 Å². The number of carbonyl (C=O) groups excluding carboxylic acids is 1. The minimum Gasteiger partial charge on any atom is -0.355 e. The molecule has 0 spiro atoms. The minimum absolute atomic E-state index is 0.0324. The first-order valence-electron chi connectivity index (χ1n) is 6.93. The highest BCUT2D eigenvalue weighted by Gasteiger charge is 2.31. The lowest BCUT2D eigenvalue weighted by atomic mass is 9.95. The molecule has 1 aliphatic heterocycles. The molecule has 1 atom stereocenters. The van der Waals surface area contributed by atoms with Crippen LogP contribution in [0.15, 0.2) is 41.6 Å². The van der Waals surface area contributed by atoms with Crippen LogP contribution in [-0.2, 0) is 4.79 Å². The molecule has 3 nitrogen and oxygen atoms in total. The van der Waals surface area contributed by atoms with Gasteiger partial charge in [0.15, 0.2) is 10.9 Å². The number of hydrogen-bond acceptors (Lipinski definition) is 2. The van der Waals surface area contributed by atoms with Gasteiger partial charge in [0.05, 0.1) is 6.04 Å². The van der Waals surface area contributed by atoms with Gasteiger partial charge in [-0.05, 0) is 44.6 Å². The summed E-state index contributed by atoms with van der Waals surface area (Å²) in [5.41, 5.74) is 2.76. The van der Waals surface area contributed by atoms with E-state index in [4.69, 9.17) is 12.2 Å². The Morgan fingerprint density at radius 2 is 2.00 bits per heavy atom. The van der Waals surface area contributed by atoms with Crippen LogP contribution in [0.5, 0.6) is 0 Å². The van der Waals surface area contributed by atoms with E-state index in [1.165, 1.54) is 0 Å². The lowest BCUT2D eigenvalue weighted by Crippen LogP contribution is -2.51. The van der Waals surface area contributed by atoms with Crippen LogP contribution >= 0.6 is 12.2 Å². The predicted octanol–water partition coefficient (Wildman–Crippen LogP) is 3.41. The molecule has 2 rings (SSSR count). The zero-order valence-electron chi connectivity index (χ0n) is 12.1. The first-order chi connectivity index (χ1) is 9.56. The number of nitrogens with zero attached hydrogens (tertiary/aromatic N) is 1. The number of Topliss-reactive ketones (excluding diaryl/α,β-unsaturated/α-hetero) is 1. The van der Waals surface area contributed by atoms with E-state index in [0.717, 1.165) is 29.8 Å². The van der Waals surface area contributed by atoms with Gasteiger partial charge >= 0.3 is 0 Å². The number of carbonyl (C=O) groups is 1. The zero-order chi connectivity index (χ0) is 14.7. The molecule has 106 valence electrons. The second-order valence-electron chi connectivity index (χ2n) is 5.02. The largest absolute Gasteiger partial charge is 0.355 e. The van der Waals surface area contributed by atoms with Crippen LogP contribution in [0, 0.1) is 0 Å². The molecule has 0 unspecified atom stereocenters. The van der Waals surface area contributed by atoms with E-state index in [1.54, 1.807) is 6.92 Å². The monoisotopic (exact) mass is 288 g/mol. The Kier molecular flexibility index (Phi) is 4.55. The van der Waals surface area contributed by atoms with Crippen molar-refractivity contribution in [1.82, 2.24) is 5.32 Å². The first kappa shape index (κ1) is 14.7. The number of para-hydroxylation sites is 1. The molecule has 1 aliphatic rings. The number of benzene rings is 1. The lowest BCUT2D eigenvalue weighted by molar-refractivity contribution is -0.114. The van der Waals surface area contributed by atoms with Crippen molar-refractivity contribution in [2.75, 3.05) is 4.90 Å². The minimum atomic E-state index is 0.0324. The number of nitrogens with one attached hydrogen (secondary N) is 1. The van der Waals surface area contributed by atoms with Crippen molar-refractivity contribution < 1.29 is 4.79 Å². The summed E-state index contributed by atoms with van der Waals surface area (Å²) in [6.45, 7) is 5.71. The van der Waals surface area contributed by atoms with E-state index in [9.17, 15) is 4.79 Å². The molecule has 0 aromatic heterocycles. The highest BCUT2D eigenvalue weighted by Crippen LogP contribution is 2.28. The lowest BCUT2D eigenvalue weighted by Gasteiger charge is -2.37. The summed E-state index contributed by atoms with van der Waals surface area (Å²) in [7, 11) is 0. The van der Waals surface area contributed by atoms with Crippen LogP contribution in [0.1, 0.15) is 33.6 Å². The Hall–Kier alpha value is -1.68. The zero-order valence-corrected chi connectivity index (χ0v) is 13.0. The summed E-state index contributed by atoms with van der Waals surface area (Å²) in [6, 6.07) is 9.93. The van der Waals surface area contributed by atoms with Crippen molar-refractivity contribution in [2.45, 2.75) is 39.7 Å². The maximum atomic E-state index is 12.0. The Morgan fingerprint density at radius 1 is 1.35 bits per heavy atom. The van der Waals surface area contributed by atoms with E-state index in [-0.39, 0.29) is 11.8 Å². The van der Waals surface area contributed by atoms with Gasteiger partial charge in [-0.1, -0.05) is 31.5 Å². The summed E-state index contributed by atoms with van der Waals surface area (Å²) in [4.78, 5) is 14.0. The molecule has 0 amide bonds. The number of hydrogen-bond donors (Lipinski definition) is 1. The third-order valence-corrected chi connectivity index (χ3v) is 3.85. The van der Waals surface area contributed by atoms with E-state index in [0.29, 0.717) is 5.11 Å². The Morgan fingerprint density at radius 3 is 2.55 bits per heavy atom. The second kappa shape index (κ2) is 6.18. The van der Waals surface area contributed by atoms with Crippen molar-refractivity contribution in [1.29, 1.82) is 0 Å². The Bertz CT molecular complexity index is 551. The molecule has 1 aromatic rings. The topological polar surface area (TPSA) is 32.3 Å². The van der Waals surface area contributed by atoms with Crippen molar-refractivity contribution >= 4 is 28.8 Å². The van der Waals surface area contributed by atoms with E-state index < -0.39 is 0 Å². The summed E-state index contributed by atoms with van der Waals surface area (Å²) < 4.78 is 0. The summed E-state index contributed by atoms with van der Waals surface area (Å²) in [5.74, 6) is 0.108. The Balaban J connectivity index is 2.48. The van der Waals surface area contributed by atoms with Gasteiger partial charge in [0.25, 0.3) is 0 Å². The fourth-order valence-electron chi connectivity index (χ4n) is 2.70. The maximum Gasteiger partial charge on any atom is 0.178 e. The third-order valence-electron chi connectivity index (χ3n) is 3.55. The smallest absolute Gasteiger partial charge is 0.178 e. The summed E-state index contributed by atoms with van der Waals surface area (Å²) >= 11 is 5.49. The standard InChI is InChI=1S/C16H20N2OS/c1-4-8-14-15(12(3)19)11(2)18(16(20)17-14)13-9-6-5-7-10-13/h5-7,9-10,14H,4,8H2,1-3H3,(H,17,20)/t14-/m1/s1. The fourth-order valence-corrected chi connectivity index (χ4v) is 3.09. The fraction of sp³-hybridized carbons (Fsp3) is 0.375.